The predicted molar refractivity (Wildman–Crippen MR) is 50.3 cm³/mol. The molecule has 0 aliphatic rings. The molecule has 0 aromatic carbocycles. The van der Waals surface area contributed by atoms with Gasteiger partial charge in [0, 0.05) is 31.9 Å². The normalized spacial score (nSPS) is 10.5. The van der Waals surface area contributed by atoms with Crippen molar-refractivity contribution in [1.82, 2.24) is 9.55 Å². The van der Waals surface area contributed by atoms with Crippen LogP contribution in [0.1, 0.15) is 0 Å². The summed E-state index contributed by atoms with van der Waals surface area (Å²) in [5, 5.41) is 4.23. The van der Waals surface area contributed by atoms with E-state index in [9.17, 15) is 0 Å². The Morgan fingerprint density at radius 3 is 3.00 bits per heavy atom. The fourth-order valence-electron chi connectivity index (χ4n) is 1.40. The first kappa shape index (κ1) is 7.16. The minimum absolute atomic E-state index is 0.938. The van der Waals surface area contributed by atoms with Crippen LogP contribution in [-0.4, -0.2) is 16.6 Å². The fraction of sp³-hybridized carbons (Fsp3) is 0.222. The van der Waals surface area contributed by atoms with Gasteiger partial charge in [-0.3, -0.25) is 0 Å². The van der Waals surface area contributed by atoms with E-state index in [-0.39, 0.29) is 0 Å². The van der Waals surface area contributed by atoms with E-state index in [1.54, 1.807) is 0 Å². The minimum atomic E-state index is 0.938. The van der Waals surface area contributed by atoms with Crippen LogP contribution in [0.4, 0.5) is 5.82 Å². The maximum Gasteiger partial charge on any atom is 0.135 e. The molecule has 3 heteroatoms. The minimum Gasteiger partial charge on any atom is -0.373 e. The molecule has 2 heterocycles. The van der Waals surface area contributed by atoms with Crippen molar-refractivity contribution in [2.75, 3.05) is 12.4 Å². The van der Waals surface area contributed by atoms with Crippen LogP contribution in [0.5, 0.6) is 0 Å². The Bertz CT molecular complexity index is 403. The Labute approximate surface area is 71.0 Å². The standard InChI is InChI=1S/C9H11N3/c1-10-9-7-4-6-12(2)8(7)3-5-11-9/h3-6H,1-2H3,(H,10,11). The molecule has 0 amide bonds. The number of hydrogen-bond acceptors (Lipinski definition) is 2. The van der Waals surface area contributed by atoms with Gasteiger partial charge in [0.2, 0.25) is 0 Å². The molecule has 0 aliphatic heterocycles. The monoisotopic (exact) mass is 161 g/mol. The lowest BCUT2D eigenvalue weighted by Gasteiger charge is -2.00. The van der Waals surface area contributed by atoms with Gasteiger partial charge in [0.25, 0.3) is 0 Å². The van der Waals surface area contributed by atoms with Gasteiger partial charge in [0.15, 0.2) is 0 Å². The van der Waals surface area contributed by atoms with Crippen molar-refractivity contribution in [3.63, 3.8) is 0 Å². The number of rotatable bonds is 1. The lowest BCUT2D eigenvalue weighted by atomic mass is 10.3. The van der Waals surface area contributed by atoms with E-state index in [1.165, 1.54) is 10.9 Å². The van der Waals surface area contributed by atoms with Gasteiger partial charge in [-0.15, -0.1) is 0 Å². The van der Waals surface area contributed by atoms with E-state index < -0.39 is 0 Å². The van der Waals surface area contributed by atoms with Crippen LogP contribution in [0.25, 0.3) is 10.9 Å². The van der Waals surface area contributed by atoms with Gasteiger partial charge in [-0.05, 0) is 12.1 Å². The van der Waals surface area contributed by atoms with Crippen molar-refractivity contribution in [3.8, 4) is 0 Å². The second kappa shape index (κ2) is 2.52. The molecule has 1 N–H and O–H groups in total. The SMILES string of the molecule is CNc1nccc2c1ccn2C. The summed E-state index contributed by atoms with van der Waals surface area (Å²) in [5.74, 6) is 0.938. The van der Waals surface area contributed by atoms with Crippen LogP contribution in [0.15, 0.2) is 24.5 Å². The first-order valence-electron chi connectivity index (χ1n) is 3.90. The van der Waals surface area contributed by atoms with Gasteiger partial charge in [0.1, 0.15) is 5.82 Å². The lowest BCUT2D eigenvalue weighted by molar-refractivity contribution is 0.968. The molecule has 0 fully saturated rings. The highest BCUT2D eigenvalue weighted by molar-refractivity contribution is 5.89. The van der Waals surface area contributed by atoms with E-state index in [4.69, 9.17) is 0 Å². The topological polar surface area (TPSA) is 29.9 Å². The maximum absolute atomic E-state index is 4.21. The average Bonchev–Trinajstić information content (AvgIpc) is 2.48. The van der Waals surface area contributed by atoms with Crippen molar-refractivity contribution in [3.05, 3.63) is 24.5 Å². The molecule has 0 spiro atoms. The van der Waals surface area contributed by atoms with Crippen molar-refractivity contribution in [2.45, 2.75) is 0 Å². The number of pyridine rings is 1. The Morgan fingerprint density at radius 1 is 1.42 bits per heavy atom. The molecule has 3 nitrogen and oxygen atoms in total. The molecule has 12 heavy (non-hydrogen) atoms. The molecule has 0 bridgehead atoms. The molecule has 0 radical (unpaired) electrons. The summed E-state index contributed by atoms with van der Waals surface area (Å²) in [4.78, 5) is 4.21. The molecule has 2 rings (SSSR count). The Morgan fingerprint density at radius 2 is 2.25 bits per heavy atom. The predicted octanol–water partition coefficient (Wildman–Crippen LogP) is 1.61. The maximum atomic E-state index is 4.21. The highest BCUT2D eigenvalue weighted by atomic mass is 15.0. The summed E-state index contributed by atoms with van der Waals surface area (Å²) in [6.45, 7) is 0. The van der Waals surface area contributed by atoms with Gasteiger partial charge in [-0.1, -0.05) is 0 Å². The number of nitrogens with zero attached hydrogens (tertiary/aromatic N) is 2. The van der Waals surface area contributed by atoms with Gasteiger partial charge in [0.05, 0.1) is 5.52 Å². The van der Waals surface area contributed by atoms with Crippen LogP contribution in [0, 0.1) is 0 Å². The van der Waals surface area contributed by atoms with Crippen LogP contribution in [0.3, 0.4) is 0 Å². The molecule has 62 valence electrons. The lowest BCUT2D eigenvalue weighted by Crippen LogP contribution is -1.92. The van der Waals surface area contributed by atoms with E-state index in [2.05, 4.69) is 20.9 Å². The third-order valence-corrected chi connectivity index (χ3v) is 2.05. The van der Waals surface area contributed by atoms with Crippen LogP contribution >= 0.6 is 0 Å². The van der Waals surface area contributed by atoms with Crippen molar-refractivity contribution in [1.29, 1.82) is 0 Å². The van der Waals surface area contributed by atoms with Crippen LogP contribution < -0.4 is 5.32 Å². The number of aromatic nitrogens is 2. The second-order valence-corrected chi connectivity index (χ2v) is 2.77. The zero-order chi connectivity index (χ0) is 8.55. The number of anilines is 1. The Kier molecular flexibility index (Phi) is 1.50. The molecule has 0 aliphatic carbocycles. The highest BCUT2D eigenvalue weighted by Gasteiger charge is 2.01. The number of fused-ring (bicyclic) bond motifs is 1. The van der Waals surface area contributed by atoms with Crippen molar-refractivity contribution in [2.24, 2.45) is 7.05 Å². The zero-order valence-corrected chi connectivity index (χ0v) is 7.20. The number of nitrogens with one attached hydrogen (secondary N) is 1. The third kappa shape index (κ3) is 0.863. The largest absolute Gasteiger partial charge is 0.373 e. The van der Waals surface area contributed by atoms with E-state index >= 15 is 0 Å². The van der Waals surface area contributed by atoms with E-state index in [0.29, 0.717) is 0 Å². The fourth-order valence-corrected chi connectivity index (χ4v) is 1.40. The molecule has 2 aromatic heterocycles. The van der Waals surface area contributed by atoms with Gasteiger partial charge >= 0.3 is 0 Å². The zero-order valence-electron chi connectivity index (χ0n) is 7.20. The Hall–Kier alpha value is -1.51. The summed E-state index contributed by atoms with van der Waals surface area (Å²) in [7, 11) is 3.91. The first-order valence-corrected chi connectivity index (χ1v) is 3.90. The molecular formula is C9H11N3. The average molecular weight is 161 g/mol. The molecule has 0 saturated heterocycles. The summed E-state index contributed by atoms with van der Waals surface area (Å²) < 4.78 is 2.08. The summed E-state index contributed by atoms with van der Waals surface area (Å²) >= 11 is 0. The van der Waals surface area contributed by atoms with Crippen molar-refractivity contribution >= 4 is 16.7 Å². The van der Waals surface area contributed by atoms with Gasteiger partial charge < -0.3 is 9.88 Å². The summed E-state index contributed by atoms with van der Waals surface area (Å²) in [6.07, 6.45) is 3.85. The molecular weight excluding hydrogens is 150 g/mol. The van der Waals surface area contributed by atoms with Crippen LogP contribution in [-0.2, 0) is 7.05 Å². The van der Waals surface area contributed by atoms with E-state index in [0.717, 1.165) is 5.82 Å². The highest BCUT2D eigenvalue weighted by Crippen LogP contribution is 2.20. The molecule has 0 atom stereocenters. The summed E-state index contributed by atoms with van der Waals surface area (Å²) in [5.41, 5.74) is 1.20. The summed E-state index contributed by atoms with van der Waals surface area (Å²) in [6, 6.07) is 4.07. The molecule has 2 aromatic rings. The van der Waals surface area contributed by atoms with Crippen LogP contribution in [0.2, 0.25) is 0 Å². The Balaban J connectivity index is 2.81. The van der Waals surface area contributed by atoms with Gasteiger partial charge in [-0.25, -0.2) is 4.98 Å². The number of aryl methyl sites for hydroxylation is 1. The number of hydrogen-bond donors (Lipinski definition) is 1. The first-order chi connectivity index (χ1) is 5.83. The molecule has 0 saturated carbocycles. The second-order valence-electron chi connectivity index (χ2n) is 2.77. The smallest absolute Gasteiger partial charge is 0.135 e. The van der Waals surface area contributed by atoms with E-state index in [1.807, 2.05) is 32.6 Å². The van der Waals surface area contributed by atoms with Crippen molar-refractivity contribution < 1.29 is 0 Å². The quantitative estimate of drug-likeness (QED) is 0.688. The molecule has 0 unspecified atom stereocenters. The third-order valence-electron chi connectivity index (χ3n) is 2.05. The van der Waals surface area contributed by atoms with Gasteiger partial charge in [-0.2, -0.15) is 0 Å².